The first-order valence-corrected chi connectivity index (χ1v) is 4.87. The Hall–Kier alpha value is -1.74. The molecule has 3 N–H and O–H groups in total. The molecule has 4 heteroatoms. The maximum atomic E-state index is 5.86. The molecule has 0 radical (unpaired) electrons. The van der Waals surface area contributed by atoms with Gasteiger partial charge < -0.3 is 11.1 Å². The Morgan fingerprint density at radius 2 is 1.93 bits per heavy atom. The number of aromatic nitrogens is 1. The van der Waals surface area contributed by atoms with Crippen LogP contribution in [0.1, 0.15) is 0 Å². The minimum atomic E-state index is 0.488. The Bertz CT molecular complexity index is 427. The van der Waals surface area contributed by atoms with Crippen LogP contribution in [-0.2, 0) is 0 Å². The summed E-state index contributed by atoms with van der Waals surface area (Å²) in [5, 5.41) is 3.79. The van der Waals surface area contributed by atoms with Crippen molar-refractivity contribution in [3.63, 3.8) is 0 Å². The van der Waals surface area contributed by atoms with Gasteiger partial charge in [-0.15, -0.1) is 0 Å². The maximum absolute atomic E-state index is 5.86. The van der Waals surface area contributed by atoms with Gasteiger partial charge in [-0.1, -0.05) is 23.7 Å². The maximum Gasteiger partial charge on any atom is 0.132 e. The lowest BCUT2D eigenvalue weighted by atomic mass is 10.3. The summed E-state index contributed by atoms with van der Waals surface area (Å²) in [4.78, 5) is 4.12. The summed E-state index contributed by atoms with van der Waals surface area (Å²) in [6, 6.07) is 12.9. The largest absolute Gasteiger partial charge is 0.384 e. The number of hydrogen-bond donors (Lipinski definition) is 2. The molecule has 1 aromatic heterocycles. The number of anilines is 3. The number of nitrogens with two attached hydrogens (primary N) is 1. The first kappa shape index (κ1) is 9.80. The molecule has 0 atom stereocenters. The Labute approximate surface area is 92.9 Å². The van der Waals surface area contributed by atoms with Crippen LogP contribution in [-0.4, -0.2) is 4.98 Å². The second-order valence-corrected chi connectivity index (χ2v) is 3.52. The molecule has 0 bridgehead atoms. The Kier molecular flexibility index (Phi) is 2.74. The molecule has 0 spiro atoms. The SMILES string of the molecule is Nc1cccc(Nc2cccc(Cl)c2)n1. The van der Waals surface area contributed by atoms with Gasteiger partial charge in [0.25, 0.3) is 0 Å². The highest BCUT2D eigenvalue weighted by Crippen LogP contribution is 2.19. The fourth-order valence-corrected chi connectivity index (χ4v) is 1.43. The summed E-state index contributed by atoms with van der Waals surface area (Å²) in [5.74, 6) is 1.19. The standard InChI is InChI=1S/C11H10ClN3/c12-8-3-1-4-9(7-8)14-11-6-2-5-10(13)15-11/h1-7H,(H3,13,14,15). The molecule has 1 aromatic carbocycles. The molecule has 0 fully saturated rings. The Balaban J connectivity index is 2.22. The topological polar surface area (TPSA) is 50.9 Å². The van der Waals surface area contributed by atoms with Crippen molar-refractivity contribution in [3.05, 3.63) is 47.5 Å². The summed E-state index contributed by atoms with van der Waals surface area (Å²) in [6.07, 6.45) is 0. The van der Waals surface area contributed by atoms with Gasteiger partial charge in [-0.3, -0.25) is 0 Å². The molecule has 3 nitrogen and oxygen atoms in total. The molecule has 76 valence electrons. The van der Waals surface area contributed by atoms with Crippen molar-refractivity contribution in [1.82, 2.24) is 4.98 Å². The fourth-order valence-electron chi connectivity index (χ4n) is 1.24. The first-order valence-electron chi connectivity index (χ1n) is 4.49. The van der Waals surface area contributed by atoms with Gasteiger partial charge in [-0.05, 0) is 30.3 Å². The third-order valence-corrected chi connectivity index (χ3v) is 2.10. The number of nitrogens with one attached hydrogen (secondary N) is 1. The molecule has 2 rings (SSSR count). The van der Waals surface area contributed by atoms with Gasteiger partial charge in [-0.2, -0.15) is 0 Å². The van der Waals surface area contributed by atoms with Crippen molar-refractivity contribution >= 4 is 28.9 Å². The number of nitrogens with zero attached hydrogens (tertiary/aromatic N) is 1. The summed E-state index contributed by atoms with van der Waals surface area (Å²) < 4.78 is 0. The number of benzene rings is 1. The van der Waals surface area contributed by atoms with E-state index in [-0.39, 0.29) is 0 Å². The summed E-state index contributed by atoms with van der Waals surface area (Å²) in [5.41, 5.74) is 6.45. The normalized spacial score (nSPS) is 9.93. The van der Waals surface area contributed by atoms with Gasteiger partial charge in [-0.25, -0.2) is 4.98 Å². The zero-order valence-electron chi connectivity index (χ0n) is 7.94. The van der Waals surface area contributed by atoms with E-state index in [0.29, 0.717) is 16.7 Å². The van der Waals surface area contributed by atoms with E-state index in [1.165, 1.54) is 0 Å². The number of nitrogen functional groups attached to an aromatic ring is 1. The highest BCUT2D eigenvalue weighted by molar-refractivity contribution is 6.30. The summed E-state index contributed by atoms with van der Waals surface area (Å²) in [7, 11) is 0. The van der Waals surface area contributed by atoms with Crippen LogP contribution < -0.4 is 11.1 Å². The van der Waals surface area contributed by atoms with Crippen LogP contribution >= 0.6 is 11.6 Å². The zero-order chi connectivity index (χ0) is 10.7. The van der Waals surface area contributed by atoms with Crippen molar-refractivity contribution in [3.8, 4) is 0 Å². The molecule has 0 aliphatic heterocycles. The number of rotatable bonds is 2. The van der Waals surface area contributed by atoms with Crippen LogP contribution in [0, 0.1) is 0 Å². The lowest BCUT2D eigenvalue weighted by Crippen LogP contribution is -1.96. The minimum absolute atomic E-state index is 0.488. The van der Waals surface area contributed by atoms with Gasteiger partial charge in [0, 0.05) is 10.7 Å². The molecule has 0 unspecified atom stereocenters. The molecular formula is C11H10ClN3. The third kappa shape index (κ3) is 2.60. The van der Waals surface area contributed by atoms with Crippen LogP contribution in [0.2, 0.25) is 5.02 Å². The van der Waals surface area contributed by atoms with Crippen LogP contribution in [0.15, 0.2) is 42.5 Å². The van der Waals surface area contributed by atoms with Crippen LogP contribution in [0.4, 0.5) is 17.3 Å². The van der Waals surface area contributed by atoms with Crippen LogP contribution in [0.25, 0.3) is 0 Å². The first-order chi connectivity index (χ1) is 7.24. The monoisotopic (exact) mass is 219 g/mol. The zero-order valence-corrected chi connectivity index (χ0v) is 8.70. The van der Waals surface area contributed by atoms with Crippen molar-refractivity contribution in [2.24, 2.45) is 0 Å². The lowest BCUT2D eigenvalue weighted by molar-refractivity contribution is 1.32. The Morgan fingerprint density at radius 1 is 1.13 bits per heavy atom. The molecular weight excluding hydrogens is 210 g/mol. The van der Waals surface area contributed by atoms with E-state index in [2.05, 4.69) is 10.3 Å². The predicted octanol–water partition coefficient (Wildman–Crippen LogP) is 3.06. The van der Waals surface area contributed by atoms with E-state index < -0.39 is 0 Å². The highest BCUT2D eigenvalue weighted by Gasteiger charge is 1.96. The minimum Gasteiger partial charge on any atom is -0.384 e. The molecule has 2 aromatic rings. The summed E-state index contributed by atoms with van der Waals surface area (Å²) >= 11 is 5.86. The third-order valence-electron chi connectivity index (χ3n) is 1.87. The van der Waals surface area contributed by atoms with Crippen molar-refractivity contribution in [2.75, 3.05) is 11.1 Å². The number of pyridine rings is 1. The van der Waals surface area contributed by atoms with E-state index in [4.69, 9.17) is 17.3 Å². The van der Waals surface area contributed by atoms with Gasteiger partial charge in [0.15, 0.2) is 0 Å². The molecule has 0 saturated heterocycles. The fraction of sp³-hybridized carbons (Fsp3) is 0. The smallest absolute Gasteiger partial charge is 0.132 e. The van der Waals surface area contributed by atoms with Crippen molar-refractivity contribution < 1.29 is 0 Å². The van der Waals surface area contributed by atoms with Gasteiger partial charge in [0.05, 0.1) is 0 Å². The second-order valence-electron chi connectivity index (χ2n) is 3.08. The van der Waals surface area contributed by atoms with Gasteiger partial charge in [0.1, 0.15) is 11.6 Å². The van der Waals surface area contributed by atoms with Gasteiger partial charge in [0.2, 0.25) is 0 Å². The summed E-state index contributed by atoms with van der Waals surface area (Å²) in [6.45, 7) is 0. The predicted molar refractivity (Wildman–Crippen MR) is 63.4 cm³/mol. The quantitative estimate of drug-likeness (QED) is 0.816. The van der Waals surface area contributed by atoms with Crippen LogP contribution in [0.3, 0.4) is 0 Å². The molecule has 15 heavy (non-hydrogen) atoms. The average molecular weight is 220 g/mol. The van der Waals surface area contributed by atoms with E-state index in [9.17, 15) is 0 Å². The lowest BCUT2D eigenvalue weighted by Gasteiger charge is -2.05. The Morgan fingerprint density at radius 3 is 2.67 bits per heavy atom. The van der Waals surface area contributed by atoms with E-state index in [0.717, 1.165) is 5.69 Å². The highest BCUT2D eigenvalue weighted by atomic mass is 35.5. The molecule has 0 aliphatic carbocycles. The van der Waals surface area contributed by atoms with E-state index >= 15 is 0 Å². The van der Waals surface area contributed by atoms with Crippen molar-refractivity contribution in [2.45, 2.75) is 0 Å². The molecule has 0 amide bonds. The van der Waals surface area contributed by atoms with E-state index in [1.807, 2.05) is 36.4 Å². The number of halogens is 1. The van der Waals surface area contributed by atoms with Gasteiger partial charge >= 0.3 is 0 Å². The molecule has 0 aliphatic rings. The van der Waals surface area contributed by atoms with E-state index in [1.54, 1.807) is 6.07 Å². The molecule has 0 saturated carbocycles. The van der Waals surface area contributed by atoms with Crippen LogP contribution in [0.5, 0.6) is 0 Å². The number of hydrogen-bond acceptors (Lipinski definition) is 3. The average Bonchev–Trinajstić information content (AvgIpc) is 2.17. The van der Waals surface area contributed by atoms with Crippen molar-refractivity contribution in [1.29, 1.82) is 0 Å². The molecule has 1 heterocycles. The second kappa shape index (κ2) is 4.19.